The quantitative estimate of drug-likeness (QED) is 0.204. The second-order valence-corrected chi connectivity index (χ2v) is 12.2. The van der Waals surface area contributed by atoms with E-state index in [1.165, 1.54) is 12.8 Å². The molecular formula is C35H44O5. The summed E-state index contributed by atoms with van der Waals surface area (Å²) in [6.07, 6.45) is 12.3. The maximum absolute atomic E-state index is 11.4. The molecule has 2 fully saturated rings. The standard InChI is InChI=1S/C35H44O5/c1-22-12-27(14-23-16-29(20-36)34(39)31(18-23)25-8-4-2-5-9-25)33(38)28(13-22)15-24-17-30(21-37)35(40)32(19-24)26-10-6-3-7-11-26/h12-13,16-19,25-26,36-40H,2-11,14-15,20-21H2,1H3. The lowest BCUT2D eigenvalue weighted by atomic mass is 9.81. The van der Waals surface area contributed by atoms with Crippen molar-refractivity contribution in [3.63, 3.8) is 0 Å². The van der Waals surface area contributed by atoms with E-state index in [9.17, 15) is 25.5 Å². The maximum Gasteiger partial charge on any atom is 0.124 e. The van der Waals surface area contributed by atoms with Crippen molar-refractivity contribution in [1.82, 2.24) is 0 Å². The van der Waals surface area contributed by atoms with E-state index in [1.54, 1.807) is 0 Å². The Hall–Kier alpha value is -3.02. The number of phenols is 3. The molecule has 2 aliphatic carbocycles. The van der Waals surface area contributed by atoms with Gasteiger partial charge in [-0.2, -0.15) is 0 Å². The van der Waals surface area contributed by atoms with E-state index in [0.717, 1.165) is 90.3 Å². The van der Waals surface area contributed by atoms with Crippen molar-refractivity contribution in [2.24, 2.45) is 0 Å². The van der Waals surface area contributed by atoms with Gasteiger partial charge in [-0.15, -0.1) is 0 Å². The van der Waals surface area contributed by atoms with E-state index in [-0.39, 0.29) is 30.5 Å². The molecule has 0 unspecified atom stereocenters. The highest BCUT2D eigenvalue weighted by molar-refractivity contribution is 5.52. The van der Waals surface area contributed by atoms with Crippen LogP contribution < -0.4 is 0 Å². The van der Waals surface area contributed by atoms with Crippen LogP contribution in [-0.2, 0) is 26.1 Å². The molecular weight excluding hydrogens is 500 g/mol. The molecule has 2 aliphatic rings. The smallest absolute Gasteiger partial charge is 0.124 e. The summed E-state index contributed by atoms with van der Waals surface area (Å²) in [6.45, 7) is 1.59. The number of phenolic OH excluding ortho intramolecular Hbond substituents is 1. The zero-order valence-electron chi connectivity index (χ0n) is 23.8. The third kappa shape index (κ3) is 6.16. The Morgan fingerprint density at radius 1 is 0.525 bits per heavy atom. The molecule has 0 radical (unpaired) electrons. The monoisotopic (exact) mass is 544 g/mol. The molecule has 0 bridgehead atoms. The van der Waals surface area contributed by atoms with Crippen LogP contribution in [0.5, 0.6) is 17.2 Å². The molecule has 0 aliphatic heterocycles. The number of hydrogen-bond acceptors (Lipinski definition) is 5. The van der Waals surface area contributed by atoms with E-state index in [2.05, 4.69) is 12.1 Å². The molecule has 5 rings (SSSR count). The van der Waals surface area contributed by atoms with Crippen LogP contribution in [0.4, 0.5) is 0 Å². The van der Waals surface area contributed by atoms with E-state index in [0.29, 0.717) is 35.8 Å². The number of aromatic hydroxyl groups is 3. The molecule has 5 nitrogen and oxygen atoms in total. The normalized spacial score (nSPS) is 16.9. The highest BCUT2D eigenvalue weighted by Crippen LogP contribution is 2.42. The van der Waals surface area contributed by atoms with Gasteiger partial charge in [0.15, 0.2) is 0 Å². The first-order chi connectivity index (χ1) is 19.4. The summed E-state index contributed by atoms with van der Waals surface area (Å²) in [5, 5.41) is 53.1. The van der Waals surface area contributed by atoms with Gasteiger partial charge < -0.3 is 25.5 Å². The lowest BCUT2D eigenvalue weighted by molar-refractivity contribution is 0.274. The van der Waals surface area contributed by atoms with Gasteiger partial charge in [-0.1, -0.05) is 68.4 Å². The maximum atomic E-state index is 11.4. The Bertz CT molecular complexity index is 1230. The predicted octanol–water partition coefficient (Wildman–Crippen LogP) is 7.37. The highest BCUT2D eigenvalue weighted by Gasteiger charge is 2.23. The predicted molar refractivity (Wildman–Crippen MR) is 158 cm³/mol. The van der Waals surface area contributed by atoms with Gasteiger partial charge in [-0.3, -0.25) is 0 Å². The average Bonchev–Trinajstić information content (AvgIpc) is 2.97. The summed E-state index contributed by atoms with van der Waals surface area (Å²) < 4.78 is 0. The Kier molecular flexibility index (Phi) is 9.02. The summed E-state index contributed by atoms with van der Waals surface area (Å²) >= 11 is 0. The Labute approximate surface area is 238 Å². The van der Waals surface area contributed by atoms with Gasteiger partial charge in [-0.25, -0.2) is 0 Å². The zero-order chi connectivity index (χ0) is 28.2. The van der Waals surface area contributed by atoms with Crippen molar-refractivity contribution in [3.05, 3.63) is 86.5 Å². The number of rotatable bonds is 8. The van der Waals surface area contributed by atoms with E-state index in [4.69, 9.17) is 0 Å². The molecule has 0 spiro atoms. The Morgan fingerprint density at radius 3 is 1.30 bits per heavy atom. The van der Waals surface area contributed by atoms with E-state index >= 15 is 0 Å². The second kappa shape index (κ2) is 12.7. The molecule has 3 aromatic carbocycles. The van der Waals surface area contributed by atoms with Crippen molar-refractivity contribution >= 4 is 0 Å². The molecule has 0 atom stereocenters. The van der Waals surface area contributed by atoms with Crippen molar-refractivity contribution < 1.29 is 25.5 Å². The fourth-order valence-corrected chi connectivity index (χ4v) is 7.11. The summed E-state index contributed by atoms with van der Waals surface area (Å²) in [6, 6.07) is 11.9. The van der Waals surface area contributed by atoms with Crippen molar-refractivity contribution in [1.29, 1.82) is 0 Å². The minimum atomic E-state index is -0.220. The summed E-state index contributed by atoms with van der Waals surface area (Å²) in [4.78, 5) is 0. The molecule has 2 saturated carbocycles. The zero-order valence-corrected chi connectivity index (χ0v) is 23.8. The summed E-state index contributed by atoms with van der Waals surface area (Å²) in [7, 11) is 0. The SMILES string of the molecule is Cc1cc(Cc2cc(CO)c(O)c(C3CCCCC3)c2)c(O)c(Cc2cc(CO)c(O)c(C3CCCCC3)c2)c1. The molecule has 0 amide bonds. The van der Waals surface area contributed by atoms with Crippen molar-refractivity contribution in [2.45, 2.75) is 109 Å². The molecule has 5 heteroatoms. The third-order valence-electron chi connectivity index (χ3n) is 9.19. The van der Waals surface area contributed by atoms with Gasteiger partial charge in [0.25, 0.3) is 0 Å². The molecule has 5 N–H and O–H groups in total. The molecule has 40 heavy (non-hydrogen) atoms. The first kappa shape index (κ1) is 28.5. The van der Waals surface area contributed by atoms with Gasteiger partial charge in [0.2, 0.25) is 0 Å². The van der Waals surface area contributed by atoms with Crippen LogP contribution in [0.2, 0.25) is 0 Å². The summed E-state index contributed by atoms with van der Waals surface area (Å²) in [5.74, 6) is 1.28. The number of aliphatic hydroxyl groups is 2. The minimum Gasteiger partial charge on any atom is -0.507 e. The van der Waals surface area contributed by atoms with Gasteiger partial charge in [0.1, 0.15) is 17.2 Å². The topological polar surface area (TPSA) is 101 Å². The molecule has 0 saturated heterocycles. The van der Waals surface area contributed by atoms with Crippen LogP contribution in [0.15, 0.2) is 36.4 Å². The van der Waals surface area contributed by atoms with Crippen LogP contribution in [0.25, 0.3) is 0 Å². The second-order valence-electron chi connectivity index (χ2n) is 12.2. The van der Waals surface area contributed by atoms with Crippen LogP contribution in [0.1, 0.15) is 126 Å². The van der Waals surface area contributed by atoms with Crippen LogP contribution in [-0.4, -0.2) is 25.5 Å². The van der Waals surface area contributed by atoms with Gasteiger partial charge in [0, 0.05) is 24.0 Å². The Morgan fingerprint density at radius 2 is 0.925 bits per heavy atom. The number of hydrogen-bond donors (Lipinski definition) is 5. The molecule has 214 valence electrons. The number of aryl methyl sites for hydroxylation is 1. The lowest BCUT2D eigenvalue weighted by Gasteiger charge is -2.25. The van der Waals surface area contributed by atoms with Gasteiger partial charge >= 0.3 is 0 Å². The number of aliphatic hydroxyl groups excluding tert-OH is 2. The van der Waals surface area contributed by atoms with E-state index in [1.807, 2.05) is 31.2 Å². The Balaban J connectivity index is 1.46. The third-order valence-corrected chi connectivity index (χ3v) is 9.19. The molecule has 0 aromatic heterocycles. The lowest BCUT2D eigenvalue weighted by Crippen LogP contribution is -2.07. The van der Waals surface area contributed by atoms with Crippen LogP contribution >= 0.6 is 0 Å². The van der Waals surface area contributed by atoms with Crippen LogP contribution in [0, 0.1) is 6.92 Å². The average molecular weight is 545 g/mol. The van der Waals surface area contributed by atoms with Crippen LogP contribution in [0.3, 0.4) is 0 Å². The van der Waals surface area contributed by atoms with Crippen molar-refractivity contribution in [3.8, 4) is 17.2 Å². The van der Waals surface area contributed by atoms with Gasteiger partial charge in [0.05, 0.1) is 13.2 Å². The fraction of sp³-hybridized carbons (Fsp3) is 0.486. The fourth-order valence-electron chi connectivity index (χ4n) is 7.11. The minimum absolute atomic E-state index is 0.216. The van der Waals surface area contributed by atoms with Gasteiger partial charge in [-0.05, 0) is 90.0 Å². The summed E-state index contributed by atoms with van der Waals surface area (Å²) in [5.41, 5.74) is 7.55. The number of benzene rings is 3. The first-order valence-corrected chi connectivity index (χ1v) is 15.1. The highest BCUT2D eigenvalue weighted by atomic mass is 16.3. The molecule has 0 heterocycles. The molecule has 3 aromatic rings. The first-order valence-electron chi connectivity index (χ1n) is 15.1. The largest absolute Gasteiger partial charge is 0.507 e. The van der Waals surface area contributed by atoms with E-state index < -0.39 is 0 Å². The van der Waals surface area contributed by atoms with Crippen molar-refractivity contribution in [2.75, 3.05) is 0 Å².